The van der Waals surface area contributed by atoms with E-state index in [1.165, 1.54) is 0 Å². The van der Waals surface area contributed by atoms with Crippen LogP contribution >= 0.6 is 0 Å². The fourth-order valence-electron chi connectivity index (χ4n) is 2.63. The summed E-state index contributed by atoms with van der Waals surface area (Å²) in [6.07, 6.45) is 1.76. The lowest BCUT2D eigenvalue weighted by atomic mass is 9.81. The third-order valence-electron chi connectivity index (χ3n) is 3.51. The summed E-state index contributed by atoms with van der Waals surface area (Å²) in [6.45, 7) is 4.06. The van der Waals surface area contributed by atoms with E-state index < -0.39 is 11.9 Å². The Kier molecular flexibility index (Phi) is 2.65. The minimum atomic E-state index is -1.50. The summed E-state index contributed by atoms with van der Waals surface area (Å²) in [5.74, 6) is -2.28. The Morgan fingerprint density at radius 3 is 2.40 bits per heavy atom. The molecule has 2 atom stereocenters. The van der Waals surface area contributed by atoms with E-state index in [2.05, 4.69) is 4.90 Å². The van der Waals surface area contributed by atoms with Gasteiger partial charge in [0.1, 0.15) is 6.10 Å². The molecule has 3 heterocycles. The predicted molar refractivity (Wildman–Crippen MR) is 51.3 cm³/mol. The molecular weight excluding hydrogens is 198 g/mol. The number of hydrogen-bond donors (Lipinski definition) is 1. The zero-order valence-electron chi connectivity index (χ0n) is 8.68. The predicted octanol–water partition coefficient (Wildman–Crippen LogP) is 0.0969. The maximum Gasteiger partial charge on any atom is 0.417 e. The van der Waals surface area contributed by atoms with Crippen LogP contribution in [0.5, 0.6) is 0 Å². The molecular formula is C10H15NO4. The van der Waals surface area contributed by atoms with E-state index in [0.717, 1.165) is 25.9 Å². The molecule has 0 radical (unpaired) electrons. The highest BCUT2D eigenvalue weighted by Gasteiger charge is 2.42. The van der Waals surface area contributed by atoms with Gasteiger partial charge in [-0.3, -0.25) is 4.90 Å². The molecule has 1 N–H and O–H groups in total. The summed E-state index contributed by atoms with van der Waals surface area (Å²) in [7, 11) is 0. The van der Waals surface area contributed by atoms with Gasteiger partial charge in [0.05, 0.1) is 0 Å². The first kappa shape index (κ1) is 10.4. The SMILES string of the molecule is CC1C(OC(=O)C(=O)O)C2CCN1CC2. The number of carboxylic acid groups (broad SMARTS) is 1. The average Bonchev–Trinajstić information content (AvgIpc) is 2.23. The number of esters is 1. The van der Waals surface area contributed by atoms with Crippen molar-refractivity contribution >= 4 is 11.9 Å². The van der Waals surface area contributed by atoms with Crippen LogP contribution in [0.3, 0.4) is 0 Å². The highest BCUT2D eigenvalue weighted by atomic mass is 16.6. The molecule has 3 saturated heterocycles. The van der Waals surface area contributed by atoms with Crippen LogP contribution in [0.1, 0.15) is 19.8 Å². The van der Waals surface area contributed by atoms with E-state index >= 15 is 0 Å². The fraction of sp³-hybridized carbons (Fsp3) is 0.800. The molecule has 5 nitrogen and oxygen atoms in total. The molecule has 0 aromatic carbocycles. The first-order valence-electron chi connectivity index (χ1n) is 5.27. The zero-order chi connectivity index (χ0) is 11.0. The topological polar surface area (TPSA) is 66.8 Å². The molecule has 3 fully saturated rings. The minimum absolute atomic E-state index is 0.154. The second-order valence-electron chi connectivity index (χ2n) is 4.29. The molecule has 0 spiro atoms. The van der Waals surface area contributed by atoms with Crippen LogP contribution < -0.4 is 0 Å². The summed E-state index contributed by atoms with van der Waals surface area (Å²) in [5.41, 5.74) is 0. The van der Waals surface area contributed by atoms with Gasteiger partial charge >= 0.3 is 11.9 Å². The van der Waals surface area contributed by atoms with Crippen molar-refractivity contribution in [1.82, 2.24) is 4.90 Å². The van der Waals surface area contributed by atoms with Gasteiger partial charge in [0.25, 0.3) is 0 Å². The smallest absolute Gasteiger partial charge is 0.417 e. The van der Waals surface area contributed by atoms with Gasteiger partial charge < -0.3 is 9.84 Å². The third kappa shape index (κ3) is 1.84. The summed E-state index contributed by atoms with van der Waals surface area (Å²) in [4.78, 5) is 23.6. The molecule has 2 bridgehead atoms. The quantitative estimate of drug-likeness (QED) is 0.494. The number of ether oxygens (including phenoxy) is 1. The van der Waals surface area contributed by atoms with Crippen molar-refractivity contribution in [2.75, 3.05) is 13.1 Å². The van der Waals surface area contributed by atoms with Crippen molar-refractivity contribution in [2.24, 2.45) is 5.92 Å². The van der Waals surface area contributed by atoms with Crippen LogP contribution in [0.15, 0.2) is 0 Å². The van der Waals surface area contributed by atoms with Crippen molar-refractivity contribution in [3.05, 3.63) is 0 Å². The van der Waals surface area contributed by atoms with Crippen LogP contribution in [0.25, 0.3) is 0 Å². The first-order valence-corrected chi connectivity index (χ1v) is 5.27. The number of rotatable bonds is 1. The molecule has 84 valence electrons. The Bertz CT molecular complexity index is 281. The molecule has 15 heavy (non-hydrogen) atoms. The lowest BCUT2D eigenvalue weighted by Crippen LogP contribution is -2.58. The van der Waals surface area contributed by atoms with Crippen LogP contribution in [-0.4, -0.2) is 47.2 Å². The number of piperidine rings is 3. The molecule has 0 aromatic rings. The second-order valence-corrected chi connectivity index (χ2v) is 4.29. The number of carbonyl (C=O) groups is 2. The fourth-order valence-corrected chi connectivity index (χ4v) is 2.63. The van der Waals surface area contributed by atoms with Gasteiger partial charge in [0, 0.05) is 6.04 Å². The number of fused-ring (bicyclic) bond motifs is 3. The van der Waals surface area contributed by atoms with Crippen molar-refractivity contribution < 1.29 is 19.4 Å². The van der Waals surface area contributed by atoms with Crippen LogP contribution in [-0.2, 0) is 14.3 Å². The molecule has 3 aliphatic rings. The van der Waals surface area contributed by atoms with E-state index in [4.69, 9.17) is 9.84 Å². The lowest BCUT2D eigenvalue weighted by Gasteiger charge is -2.48. The van der Waals surface area contributed by atoms with E-state index in [-0.39, 0.29) is 12.1 Å². The van der Waals surface area contributed by atoms with Gasteiger partial charge in [-0.1, -0.05) is 0 Å². The zero-order valence-corrected chi connectivity index (χ0v) is 8.68. The third-order valence-corrected chi connectivity index (χ3v) is 3.51. The number of carbonyl (C=O) groups excluding carboxylic acids is 1. The molecule has 0 aliphatic carbocycles. The number of aliphatic carboxylic acids is 1. The van der Waals surface area contributed by atoms with Gasteiger partial charge in [-0.2, -0.15) is 0 Å². The van der Waals surface area contributed by atoms with Gasteiger partial charge in [-0.15, -0.1) is 0 Å². The van der Waals surface area contributed by atoms with Gasteiger partial charge in [0.15, 0.2) is 0 Å². The summed E-state index contributed by atoms with van der Waals surface area (Å²) >= 11 is 0. The first-order chi connectivity index (χ1) is 7.09. The van der Waals surface area contributed by atoms with Crippen LogP contribution in [0, 0.1) is 5.92 Å². The van der Waals surface area contributed by atoms with Gasteiger partial charge in [-0.25, -0.2) is 9.59 Å². The van der Waals surface area contributed by atoms with E-state index in [9.17, 15) is 9.59 Å². The number of nitrogens with zero attached hydrogens (tertiary/aromatic N) is 1. The molecule has 3 aliphatic heterocycles. The number of hydrogen-bond acceptors (Lipinski definition) is 4. The second kappa shape index (κ2) is 3.81. The largest absolute Gasteiger partial charge is 0.473 e. The monoisotopic (exact) mass is 213 g/mol. The van der Waals surface area contributed by atoms with Crippen molar-refractivity contribution in [3.63, 3.8) is 0 Å². The minimum Gasteiger partial charge on any atom is -0.473 e. The van der Waals surface area contributed by atoms with Crippen molar-refractivity contribution in [1.29, 1.82) is 0 Å². The van der Waals surface area contributed by atoms with Gasteiger partial charge in [-0.05, 0) is 38.8 Å². The summed E-state index contributed by atoms with van der Waals surface area (Å²) in [5, 5.41) is 8.48. The van der Waals surface area contributed by atoms with Crippen LogP contribution in [0.4, 0.5) is 0 Å². The molecule has 5 heteroatoms. The van der Waals surface area contributed by atoms with Crippen molar-refractivity contribution in [3.8, 4) is 0 Å². The van der Waals surface area contributed by atoms with E-state index in [0.29, 0.717) is 5.92 Å². The average molecular weight is 213 g/mol. The number of carboxylic acids is 1. The molecule has 2 unspecified atom stereocenters. The molecule has 3 rings (SSSR count). The molecule has 0 saturated carbocycles. The Morgan fingerprint density at radius 1 is 1.33 bits per heavy atom. The maximum atomic E-state index is 11.0. The van der Waals surface area contributed by atoms with E-state index in [1.54, 1.807) is 0 Å². The summed E-state index contributed by atoms with van der Waals surface area (Å²) < 4.78 is 5.02. The molecule has 0 amide bonds. The van der Waals surface area contributed by atoms with E-state index in [1.807, 2.05) is 6.92 Å². The maximum absolute atomic E-state index is 11.0. The van der Waals surface area contributed by atoms with Crippen molar-refractivity contribution in [2.45, 2.75) is 31.9 Å². The normalized spacial score (nSPS) is 38.7. The highest BCUT2D eigenvalue weighted by Crippen LogP contribution is 2.34. The van der Waals surface area contributed by atoms with Crippen LogP contribution in [0.2, 0.25) is 0 Å². The highest BCUT2D eigenvalue weighted by molar-refractivity contribution is 6.28. The van der Waals surface area contributed by atoms with Gasteiger partial charge in [0.2, 0.25) is 0 Å². The Labute approximate surface area is 88.0 Å². The Hall–Kier alpha value is -1.10. The molecule has 0 aromatic heterocycles. The summed E-state index contributed by atoms with van der Waals surface area (Å²) in [6, 6.07) is 0.154. The Morgan fingerprint density at radius 2 is 1.93 bits per heavy atom. The Balaban J connectivity index is 2.02. The lowest BCUT2D eigenvalue weighted by molar-refractivity contribution is -0.177. The standard InChI is InChI=1S/C10H15NO4/c1-6-8(15-10(14)9(12)13)7-2-4-11(6)5-3-7/h6-8H,2-5H2,1H3,(H,12,13).